The molecule has 0 spiro atoms. The van der Waals surface area contributed by atoms with Crippen molar-refractivity contribution < 1.29 is 39.3 Å². The van der Waals surface area contributed by atoms with Gasteiger partial charge < -0.3 is 15.3 Å². The van der Waals surface area contributed by atoms with Gasteiger partial charge in [-0.25, -0.2) is 9.69 Å². The van der Waals surface area contributed by atoms with E-state index in [9.17, 15) is 34.5 Å². The van der Waals surface area contributed by atoms with Crippen LogP contribution in [-0.2, 0) is 24.6 Å². The van der Waals surface area contributed by atoms with Crippen LogP contribution in [-0.4, -0.2) is 44.7 Å². The van der Waals surface area contributed by atoms with E-state index < -0.39 is 58.5 Å². The first-order valence-electron chi connectivity index (χ1n) is 16.6. The van der Waals surface area contributed by atoms with E-state index in [-0.39, 0.29) is 52.0 Å². The normalized spacial score (nSPS) is 26.9. The van der Waals surface area contributed by atoms with Gasteiger partial charge in [-0.15, -0.1) is 0 Å². The topological polar surface area (TPSA) is 149 Å². The summed E-state index contributed by atoms with van der Waals surface area (Å²) in [7, 11) is 0. The minimum absolute atomic E-state index is 0.0363. The lowest BCUT2D eigenvalue weighted by molar-refractivity contribution is -0.135. The second-order valence-electron chi connectivity index (χ2n) is 13.5. The third-order valence-electron chi connectivity index (χ3n) is 11.1. The number of ketones is 2. The third kappa shape index (κ3) is 4.72. The van der Waals surface area contributed by atoms with Crippen LogP contribution in [0.5, 0.6) is 11.5 Å². The van der Waals surface area contributed by atoms with Gasteiger partial charge in [0.15, 0.2) is 11.6 Å². The van der Waals surface area contributed by atoms with Crippen LogP contribution in [0.3, 0.4) is 0 Å². The predicted molar refractivity (Wildman–Crippen MR) is 187 cm³/mol. The van der Waals surface area contributed by atoms with E-state index >= 15 is 4.79 Å². The number of anilines is 1. The molecule has 1 saturated carbocycles. The van der Waals surface area contributed by atoms with Crippen LogP contribution in [0.2, 0.25) is 5.02 Å². The van der Waals surface area contributed by atoms with E-state index in [1.54, 1.807) is 30.3 Å². The zero-order valence-electron chi connectivity index (χ0n) is 26.9. The summed E-state index contributed by atoms with van der Waals surface area (Å²) in [5.41, 5.74) is 0.841. The summed E-state index contributed by atoms with van der Waals surface area (Å²) >= 11 is 6.91. The van der Waals surface area contributed by atoms with Crippen molar-refractivity contribution in [3.05, 3.63) is 142 Å². The molecule has 6 atom stereocenters. The number of phenolic OH excluding ortho intramolecular Hbond substituents is 1. The Kier molecular flexibility index (Phi) is 7.57. The van der Waals surface area contributed by atoms with E-state index in [1.165, 1.54) is 24.3 Å². The van der Waals surface area contributed by atoms with Crippen molar-refractivity contribution in [2.24, 2.45) is 23.7 Å². The Labute approximate surface area is 297 Å². The number of amides is 2. The molecular formula is C41H30ClNO8. The van der Waals surface area contributed by atoms with Gasteiger partial charge in [0.2, 0.25) is 11.8 Å². The maximum atomic E-state index is 15.1. The average Bonchev–Trinajstić information content (AvgIpc) is 3.38. The van der Waals surface area contributed by atoms with Crippen LogP contribution >= 0.6 is 11.6 Å². The number of halogens is 1. The molecule has 0 bridgehead atoms. The molecule has 1 heterocycles. The Balaban J connectivity index is 1.34. The smallest absolute Gasteiger partial charge is 0.339 e. The van der Waals surface area contributed by atoms with E-state index in [2.05, 4.69) is 0 Å². The van der Waals surface area contributed by atoms with Crippen LogP contribution in [0, 0.1) is 23.7 Å². The number of carbonyl (C=O) groups excluding carboxylic acids is 4. The van der Waals surface area contributed by atoms with Gasteiger partial charge in [-0.2, -0.15) is 0 Å². The van der Waals surface area contributed by atoms with Gasteiger partial charge in [-0.05, 0) is 65.8 Å². The summed E-state index contributed by atoms with van der Waals surface area (Å²) in [6.07, 6.45) is 3.56. The predicted octanol–water partition coefficient (Wildman–Crippen LogP) is 6.48. The van der Waals surface area contributed by atoms with Gasteiger partial charge in [0, 0.05) is 28.5 Å². The van der Waals surface area contributed by atoms with Gasteiger partial charge in [-0.3, -0.25) is 19.2 Å². The highest BCUT2D eigenvalue weighted by atomic mass is 35.5. The van der Waals surface area contributed by atoms with Crippen molar-refractivity contribution in [2.45, 2.75) is 24.2 Å². The average molecular weight is 700 g/mol. The Morgan fingerprint density at radius 2 is 1.53 bits per heavy atom. The van der Waals surface area contributed by atoms with Crippen LogP contribution < -0.4 is 4.90 Å². The Morgan fingerprint density at radius 3 is 2.20 bits per heavy atom. The minimum Gasteiger partial charge on any atom is -0.508 e. The highest BCUT2D eigenvalue weighted by Crippen LogP contribution is 2.64. The number of nitrogens with zero attached hydrogens (tertiary/aromatic N) is 1. The number of phenols is 2. The molecule has 4 aromatic carbocycles. The minimum atomic E-state index is -1.48. The van der Waals surface area contributed by atoms with Crippen molar-refractivity contribution in [3.8, 4) is 11.5 Å². The summed E-state index contributed by atoms with van der Waals surface area (Å²) in [6.45, 7) is 0. The van der Waals surface area contributed by atoms with Crippen molar-refractivity contribution in [3.63, 3.8) is 0 Å². The SMILES string of the molecule is O=C(O)c1ccc(N2C(=O)C3CC=C4C(CC5C(=O)C(c6ccccc6)=CC(=O)C5(c5ccccc5)C4c4ccc(O)cc4Cl)C3C2=O)cc1O. The molecule has 1 aliphatic heterocycles. The maximum absolute atomic E-state index is 15.1. The highest BCUT2D eigenvalue weighted by molar-refractivity contribution is 6.33. The Bertz CT molecular complexity index is 2250. The quantitative estimate of drug-likeness (QED) is 0.158. The molecule has 2 fully saturated rings. The molecule has 254 valence electrons. The number of imide groups is 1. The van der Waals surface area contributed by atoms with Gasteiger partial charge in [0.1, 0.15) is 17.1 Å². The number of hydrogen-bond donors (Lipinski definition) is 3. The number of hydrogen-bond acceptors (Lipinski definition) is 7. The molecular weight excluding hydrogens is 670 g/mol. The Morgan fingerprint density at radius 1 is 0.824 bits per heavy atom. The molecule has 51 heavy (non-hydrogen) atoms. The molecule has 4 aliphatic rings. The molecule has 9 nitrogen and oxygen atoms in total. The molecule has 6 unspecified atom stereocenters. The van der Waals surface area contributed by atoms with Crippen LogP contribution in [0.15, 0.2) is 115 Å². The third-order valence-corrected chi connectivity index (χ3v) is 11.5. The first kappa shape index (κ1) is 32.4. The van der Waals surface area contributed by atoms with Gasteiger partial charge >= 0.3 is 5.97 Å². The molecule has 4 aromatic rings. The summed E-state index contributed by atoms with van der Waals surface area (Å²) in [4.78, 5) is 71.1. The largest absolute Gasteiger partial charge is 0.508 e. The molecule has 1 saturated heterocycles. The number of carboxylic acids is 1. The van der Waals surface area contributed by atoms with E-state index in [4.69, 9.17) is 11.6 Å². The standard InChI is InChI=1S/C41H30ClNO8/c42-32-18-24(44)12-14-26(32)36-25-15-16-28-35(39(49)43(38(28)48)23-11-13-27(40(50)51)33(45)17-23)30(25)19-31-37(47)29(21-7-3-1-4-8-21)20-34(46)41(31,36)22-9-5-2-6-10-22/h1-15,17-18,20,28,30-31,35-36,44-45H,16,19H2,(H,50,51). The summed E-state index contributed by atoms with van der Waals surface area (Å²) in [5.74, 6) is -7.85. The lowest BCUT2D eigenvalue weighted by Crippen LogP contribution is -2.58. The Hall–Kier alpha value is -5.80. The van der Waals surface area contributed by atoms with Crippen LogP contribution in [0.1, 0.15) is 45.8 Å². The van der Waals surface area contributed by atoms with E-state index in [0.29, 0.717) is 22.3 Å². The molecule has 8 rings (SSSR count). The fourth-order valence-electron chi connectivity index (χ4n) is 9.06. The lowest BCUT2D eigenvalue weighted by atomic mass is 9.44. The number of benzene rings is 4. The number of aromatic hydroxyl groups is 2. The molecule has 10 heteroatoms. The summed E-state index contributed by atoms with van der Waals surface area (Å²) in [5, 5.41) is 30.4. The fraction of sp³-hybridized carbons (Fsp3) is 0.195. The molecule has 0 aromatic heterocycles. The summed E-state index contributed by atoms with van der Waals surface area (Å²) in [6, 6.07) is 26.1. The second-order valence-corrected chi connectivity index (χ2v) is 13.9. The van der Waals surface area contributed by atoms with Crippen molar-refractivity contribution in [2.75, 3.05) is 4.90 Å². The van der Waals surface area contributed by atoms with E-state index in [1.807, 2.05) is 42.5 Å². The molecule has 0 radical (unpaired) electrons. The number of allylic oxidation sites excluding steroid dienone is 4. The number of rotatable bonds is 5. The van der Waals surface area contributed by atoms with Crippen molar-refractivity contribution >= 4 is 52.2 Å². The number of Topliss-reactive ketones (excluding diaryl/α,β-unsaturated/α-hetero) is 1. The summed E-state index contributed by atoms with van der Waals surface area (Å²) < 4.78 is 0. The first-order valence-corrected chi connectivity index (χ1v) is 17.0. The monoisotopic (exact) mass is 699 g/mol. The molecule has 2 amide bonds. The second kappa shape index (κ2) is 11.9. The van der Waals surface area contributed by atoms with Gasteiger partial charge in [-0.1, -0.05) is 90.0 Å². The van der Waals surface area contributed by atoms with Gasteiger partial charge in [0.05, 0.1) is 22.9 Å². The number of carbonyl (C=O) groups is 5. The molecule has 3 N–H and O–H groups in total. The fourth-order valence-corrected chi connectivity index (χ4v) is 9.35. The van der Waals surface area contributed by atoms with Crippen molar-refractivity contribution in [1.82, 2.24) is 0 Å². The van der Waals surface area contributed by atoms with Gasteiger partial charge in [0.25, 0.3) is 0 Å². The maximum Gasteiger partial charge on any atom is 0.339 e. The highest BCUT2D eigenvalue weighted by Gasteiger charge is 2.66. The van der Waals surface area contributed by atoms with Crippen molar-refractivity contribution in [1.29, 1.82) is 0 Å². The van der Waals surface area contributed by atoms with Crippen LogP contribution in [0.25, 0.3) is 5.57 Å². The zero-order valence-corrected chi connectivity index (χ0v) is 27.7. The molecule has 3 aliphatic carbocycles. The van der Waals surface area contributed by atoms with E-state index in [0.717, 1.165) is 17.0 Å². The number of fused-ring (bicyclic) bond motifs is 4. The number of aromatic carboxylic acids is 1. The zero-order chi connectivity index (χ0) is 35.8. The lowest BCUT2D eigenvalue weighted by Gasteiger charge is -2.55. The first-order chi connectivity index (χ1) is 24.5. The number of carboxylic acid groups (broad SMARTS) is 1. The van der Waals surface area contributed by atoms with Crippen LogP contribution in [0.4, 0.5) is 5.69 Å².